The van der Waals surface area contributed by atoms with Crippen LogP contribution in [-0.2, 0) is 9.84 Å². The van der Waals surface area contributed by atoms with Gasteiger partial charge in [0.2, 0.25) is 0 Å². The van der Waals surface area contributed by atoms with Crippen molar-refractivity contribution in [1.29, 1.82) is 15.8 Å². The zero-order chi connectivity index (χ0) is 16.9. The summed E-state index contributed by atoms with van der Waals surface area (Å²) in [5, 5.41) is 29.3. The van der Waals surface area contributed by atoms with Gasteiger partial charge < -0.3 is 10.2 Å². The van der Waals surface area contributed by atoms with Crippen molar-refractivity contribution in [2.24, 2.45) is 0 Å². The van der Waals surface area contributed by atoms with E-state index >= 15 is 0 Å². The molecule has 1 heterocycles. The number of nitrogens with zero attached hydrogens (tertiary/aromatic N) is 4. The summed E-state index contributed by atoms with van der Waals surface area (Å²) in [6.07, 6.45) is 0. The molecule has 0 radical (unpaired) electrons. The molecule has 7 nitrogen and oxygen atoms in total. The number of sulfone groups is 1. The predicted molar refractivity (Wildman–Crippen MR) is 84.8 cm³/mol. The molecule has 0 atom stereocenters. The van der Waals surface area contributed by atoms with Crippen molar-refractivity contribution in [3.05, 3.63) is 35.5 Å². The van der Waals surface area contributed by atoms with Gasteiger partial charge in [0.1, 0.15) is 23.9 Å². The van der Waals surface area contributed by atoms with Crippen LogP contribution in [0.5, 0.6) is 0 Å². The third-order valence-electron chi connectivity index (χ3n) is 3.43. The Kier molecular flexibility index (Phi) is 4.85. The molecule has 1 saturated heterocycles. The van der Waals surface area contributed by atoms with Gasteiger partial charge in [-0.3, -0.25) is 0 Å². The zero-order valence-electron chi connectivity index (χ0n) is 12.2. The number of hydrogen-bond donors (Lipinski definition) is 1. The molecule has 0 aromatic heterocycles. The number of nitriles is 3. The molecule has 0 aliphatic carbocycles. The quantitative estimate of drug-likeness (QED) is 0.827. The van der Waals surface area contributed by atoms with Crippen LogP contribution in [0, 0.1) is 34.0 Å². The fourth-order valence-corrected chi connectivity index (χ4v) is 3.35. The molecule has 2 rings (SSSR count). The first-order valence-corrected chi connectivity index (χ1v) is 8.58. The third-order valence-corrected chi connectivity index (χ3v) is 5.04. The Morgan fingerprint density at radius 1 is 1.00 bits per heavy atom. The van der Waals surface area contributed by atoms with Gasteiger partial charge in [-0.25, -0.2) is 8.42 Å². The van der Waals surface area contributed by atoms with Gasteiger partial charge in [-0.1, -0.05) is 0 Å². The molecule has 1 aromatic carbocycles. The summed E-state index contributed by atoms with van der Waals surface area (Å²) >= 11 is 0. The molecule has 1 fully saturated rings. The van der Waals surface area contributed by atoms with Crippen molar-refractivity contribution in [1.82, 2.24) is 0 Å². The Bertz CT molecular complexity index is 821. The summed E-state index contributed by atoms with van der Waals surface area (Å²) in [5.41, 5.74) is 1.07. The summed E-state index contributed by atoms with van der Waals surface area (Å²) in [5.74, 6) is 0.282. The molecule has 0 bridgehead atoms. The van der Waals surface area contributed by atoms with E-state index in [4.69, 9.17) is 15.8 Å². The minimum Gasteiger partial charge on any atom is -0.369 e. The maximum absolute atomic E-state index is 11.4. The van der Waals surface area contributed by atoms with Crippen LogP contribution < -0.4 is 10.2 Å². The van der Waals surface area contributed by atoms with E-state index in [0.29, 0.717) is 18.8 Å². The van der Waals surface area contributed by atoms with E-state index in [1.165, 1.54) is 0 Å². The van der Waals surface area contributed by atoms with Gasteiger partial charge in [0, 0.05) is 24.5 Å². The van der Waals surface area contributed by atoms with E-state index < -0.39 is 9.84 Å². The standard InChI is InChI=1S/C15H13N5O2S/c16-9-12(10-17)15(11-18)19-13-1-3-14(4-2-13)20-5-7-23(21,22)8-6-20/h1-4,19H,5-8H2. The van der Waals surface area contributed by atoms with Gasteiger partial charge in [-0.15, -0.1) is 0 Å². The first-order valence-electron chi connectivity index (χ1n) is 6.76. The molecule has 1 aromatic rings. The van der Waals surface area contributed by atoms with Gasteiger partial charge in [0.15, 0.2) is 15.4 Å². The second kappa shape index (κ2) is 6.83. The first kappa shape index (κ1) is 16.4. The van der Waals surface area contributed by atoms with E-state index in [1.807, 2.05) is 4.90 Å². The minimum absolute atomic E-state index is 0.105. The molecule has 0 saturated carbocycles. The van der Waals surface area contributed by atoms with E-state index in [2.05, 4.69) is 5.32 Å². The Balaban J connectivity index is 2.12. The highest BCUT2D eigenvalue weighted by atomic mass is 32.2. The average molecular weight is 327 g/mol. The van der Waals surface area contributed by atoms with Crippen LogP contribution in [-0.4, -0.2) is 33.0 Å². The molecule has 0 spiro atoms. The lowest BCUT2D eigenvalue weighted by Crippen LogP contribution is -2.40. The smallest absolute Gasteiger partial charge is 0.163 e. The molecule has 8 heteroatoms. The Labute approximate surface area is 134 Å². The van der Waals surface area contributed by atoms with Gasteiger partial charge in [-0.2, -0.15) is 15.8 Å². The van der Waals surface area contributed by atoms with Crippen molar-refractivity contribution < 1.29 is 8.42 Å². The summed E-state index contributed by atoms with van der Waals surface area (Å²) in [7, 11) is -2.92. The Morgan fingerprint density at radius 2 is 1.57 bits per heavy atom. The molecule has 0 unspecified atom stereocenters. The van der Waals surface area contributed by atoms with Crippen LogP contribution in [0.25, 0.3) is 0 Å². The lowest BCUT2D eigenvalue weighted by molar-refractivity contribution is 0.587. The predicted octanol–water partition coefficient (Wildman–Crippen LogP) is 1.16. The van der Waals surface area contributed by atoms with Gasteiger partial charge in [0.05, 0.1) is 11.5 Å². The highest BCUT2D eigenvalue weighted by Crippen LogP contribution is 2.21. The molecule has 1 aliphatic heterocycles. The lowest BCUT2D eigenvalue weighted by atomic mass is 10.2. The third kappa shape index (κ3) is 4.00. The zero-order valence-corrected chi connectivity index (χ0v) is 13.0. The molecular formula is C15H13N5O2S. The van der Waals surface area contributed by atoms with Crippen LogP contribution in [0.2, 0.25) is 0 Å². The second-order valence-electron chi connectivity index (χ2n) is 4.90. The largest absolute Gasteiger partial charge is 0.369 e. The number of benzene rings is 1. The maximum Gasteiger partial charge on any atom is 0.163 e. The van der Waals surface area contributed by atoms with Crippen molar-refractivity contribution >= 4 is 21.2 Å². The van der Waals surface area contributed by atoms with E-state index in [0.717, 1.165) is 5.69 Å². The van der Waals surface area contributed by atoms with E-state index in [9.17, 15) is 8.42 Å². The number of rotatable bonds is 3. The Hall–Kier alpha value is -3.02. The van der Waals surface area contributed by atoms with Crippen molar-refractivity contribution in [2.45, 2.75) is 0 Å². The van der Waals surface area contributed by atoms with Crippen LogP contribution in [0.1, 0.15) is 0 Å². The summed E-state index contributed by atoms with van der Waals surface area (Å²) < 4.78 is 22.9. The minimum atomic E-state index is -2.92. The topological polar surface area (TPSA) is 121 Å². The Morgan fingerprint density at radius 3 is 2.04 bits per heavy atom. The molecule has 0 amide bonds. The number of hydrogen-bond acceptors (Lipinski definition) is 7. The molecule has 23 heavy (non-hydrogen) atoms. The van der Waals surface area contributed by atoms with E-state index in [-0.39, 0.29) is 22.8 Å². The van der Waals surface area contributed by atoms with Crippen LogP contribution >= 0.6 is 0 Å². The summed E-state index contributed by atoms with van der Waals surface area (Å²) in [6, 6.07) is 12.1. The fraction of sp³-hybridized carbons (Fsp3) is 0.267. The SMILES string of the molecule is N#CC(C#N)=C(C#N)Nc1ccc(N2CCS(=O)(=O)CC2)cc1. The van der Waals surface area contributed by atoms with Crippen LogP contribution in [0.4, 0.5) is 11.4 Å². The highest BCUT2D eigenvalue weighted by Gasteiger charge is 2.21. The maximum atomic E-state index is 11.4. The molecule has 116 valence electrons. The summed E-state index contributed by atoms with van der Waals surface area (Å²) in [6.45, 7) is 0.900. The van der Waals surface area contributed by atoms with Gasteiger partial charge >= 0.3 is 0 Å². The van der Waals surface area contributed by atoms with E-state index in [1.54, 1.807) is 42.5 Å². The van der Waals surface area contributed by atoms with Crippen LogP contribution in [0.3, 0.4) is 0 Å². The van der Waals surface area contributed by atoms with Crippen molar-refractivity contribution in [2.75, 3.05) is 34.8 Å². The number of allylic oxidation sites excluding steroid dienone is 2. The average Bonchev–Trinajstić information content (AvgIpc) is 2.55. The fourth-order valence-electron chi connectivity index (χ4n) is 2.15. The molecule has 1 aliphatic rings. The first-order chi connectivity index (χ1) is 11.0. The monoisotopic (exact) mass is 327 g/mol. The summed E-state index contributed by atoms with van der Waals surface area (Å²) in [4.78, 5) is 1.97. The second-order valence-corrected chi connectivity index (χ2v) is 7.20. The number of anilines is 2. The number of nitrogens with one attached hydrogen (secondary N) is 1. The highest BCUT2D eigenvalue weighted by molar-refractivity contribution is 7.91. The normalized spacial score (nSPS) is 15.6. The van der Waals surface area contributed by atoms with Gasteiger partial charge in [0.25, 0.3) is 0 Å². The van der Waals surface area contributed by atoms with Crippen molar-refractivity contribution in [3.8, 4) is 18.2 Å². The van der Waals surface area contributed by atoms with Crippen molar-refractivity contribution in [3.63, 3.8) is 0 Å². The lowest BCUT2D eigenvalue weighted by Gasteiger charge is -2.28. The van der Waals surface area contributed by atoms with Gasteiger partial charge in [-0.05, 0) is 24.3 Å². The molecule has 1 N–H and O–H groups in total. The molecular weight excluding hydrogens is 314 g/mol. The van der Waals surface area contributed by atoms with Crippen LogP contribution in [0.15, 0.2) is 35.5 Å².